The summed E-state index contributed by atoms with van der Waals surface area (Å²) in [6.07, 6.45) is 0. The molecule has 51 heavy (non-hydrogen) atoms. The van der Waals surface area contributed by atoms with Crippen LogP contribution in [0.4, 0.5) is 17.1 Å². The number of anilines is 3. The molecule has 0 bridgehead atoms. The second kappa shape index (κ2) is 13.3. The van der Waals surface area contributed by atoms with Crippen molar-refractivity contribution in [2.75, 3.05) is 4.90 Å². The Morgan fingerprint density at radius 1 is 0.235 bits per heavy atom. The van der Waals surface area contributed by atoms with Crippen molar-refractivity contribution >= 4 is 38.6 Å². The van der Waals surface area contributed by atoms with Crippen molar-refractivity contribution in [1.29, 1.82) is 0 Å². The second-order valence-corrected chi connectivity index (χ2v) is 13.0. The van der Waals surface area contributed by atoms with Gasteiger partial charge in [-0.3, -0.25) is 0 Å². The summed E-state index contributed by atoms with van der Waals surface area (Å²) in [6.45, 7) is 0. The minimum Gasteiger partial charge on any atom is -0.310 e. The van der Waals surface area contributed by atoms with Gasteiger partial charge in [0.05, 0.1) is 0 Å². The maximum atomic E-state index is 2.35. The van der Waals surface area contributed by atoms with Gasteiger partial charge in [0, 0.05) is 17.1 Å². The van der Waals surface area contributed by atoms with Gasteiger partial charge in [0.25, 0.3) is 0 Å². The Labute approximate surface area is 299 Å². The fourth-order valence-corrected chi connectivity index (χ4v) is 7.38. The molecular weight excluding hydrogens is 615 g/mol. The van der Waals surface area contributed by atoms with E-state index in [1.165, 1.54) is 66.1 Å². The quantitative estimate of drug-likeness (QED) is 0.155. The van der Waals surface area contributed by atoms with Crippen LogP contribution in [0, 0.1) is 0 Å². The first-order valence-electron chi connectivity index (χ1n) is 17.5. The van der Waals surface area contributed by atoms with Crippen molar-refractivity contribution in [2.24, 2.45) is 0 Å². The summed E-state index contributed by atoms with van der Waals surface area (Å²) >= 11 is 0. The molecule has 0 fully saturated rings. The van der Waals surface area contributed by atoms with Crippen LogP contribution in [-0.4, -0.2) is 0 Å². The molecule has 0 heterocycles. The highest BCUT2D eigenvalue weighted by Gasteiger charge is 2.16. The van der Waals surface area contributed by atoms with Crippen LogP contribution in [0.5, 0.6) is 0 Å². The first-order valence-corrected chi connectivity index (χ1v) is 17.5. The molecular formula is C50H35N. The summed E-state index contributed by atoms with van der Waals surface area (Å²) in [5, 5.41) is 5.07. The molecule has 1 nitrogen and oxygen atoms in total. The van der Waals surface area contributed by atoms with Crippen LogP contribution in [-0.2, 0) is 0 Å². The Kier molecular flexibility index (Phi) is 7.92. The summed E-state index contributed by atoms with van der Waals surface area (Å²) in [5.74, 6) is 0. The molecule has 0 saturated carbocycles. The van der Waals surface area contributed by atoms with Crippen LogP contribution >= 0.6 is 0 Å². The molecule has 0 unspecified atom stereocenters. The molecule has 0 aliphatic carbocycles. The number of nitrogens with zero attached hydrogens (tertiary/aromatic N) is 1. The zero-order chi connectivity index (χ0) is 34.0. The highest BCUT2D eigenvalue weighted by atomic mass is 15.1. The lowest BCUT2D eigenvalue weighted by atomic mass is 9.91. The van der Waals surface area contributed by atoms with Crippen LogP contribution in [0.3, 0.4) is 0 Å². The van der Waals surface area contributed by atoms with E-state index in [0.717, 1.165) is 17.1 Å². The van der Waals surface area contributed by atoms with E-state index in [2.05, 4.69) is 217 Å². The average molecular weight is 650 g/mol. The van der Waals surface area contributed by atoms with Gasteiger partial charge in [0.2, 0.25) is 0 Å². The van der Waals surface area contributed by atoms with Crippen molar-refractivity contribution in [3.8, 4) is 44.5 Å². The lowest BCUT2D eigenvalue weighted by Crippen LogP contribution is -2.09. The third kappa shape index (κ3) is 5.86. The van der Waals surface area contributed by atoms with Gasteiger partial charge in [-0.05, 0) is 115 Å². The van der Waals surface area contributed by atoms with E-state index in [1.807, 2.05) is 0 Å². The maximum Gasteiger partial charge on any atom is 0.0467 e. The van der Waals surface area contributed by atoms with E-state index >= 15 is 0 Å². The standard InChI is InChI=1S/C50H35N/c1-4-15-36(16-5-1)39-29-32-46(49(34-39)37-17-6-2-7-18-37)38-27-30-43(31-28-38)51(42-21-8-3-9-22-42)44-23-14-20-40(33-44)50-35-41-19-10-11-24-45(41)47-25-12-13-26-48(47)50/h1-35H. The van der Waals surface area contributed by atoms with E-state index in [-0.39, 0.29) is 0 Å². The highest BCUT2D eigenvalue weighted by molar-refractivity contribution is 6.13. The summed E-state index contributed by atoms with van der Waals surface area (Å²) < 4.78 is 0. The normalized spacial score (nSPS) is 11.1. The van der Waals surface area contributed by atoms with Crippen molar-refractivity contribution in [1.82, 2.24) is 0 Å². The number of rotatable bonds is 7. The van der Waals surface area contributed by atoms with Gasteiger partial charge in [0.15, 0.2) is 0 Å². The molecule has 0 saturated heterocycles. The van der Waals surface area contributed by atoms with E-state index in [4.69, 9.17) is 0 Å². The molecule has 0 aliphatic heterocycles. The SMILES string of the molecule is c1ccc(-c2ccc(-c3ccc(N(c4ccccc4)c4cccc(-c5cc6ccccc6c6ccccc56)c4)cc3)c(-c3ccccc3)c2)cc1. The predicted octanol–water partition coefficient (Wildman–Crippen LogP) is 14.1. The summed E-state index contributed by atoms with van der Waals surface area (Å²) in [7, 11) is 0. The molecule has 0 amide bonds. The number of hydrogen-bond acceptors (Lipinski definition) is 1. The molecule has 0 N–H and O–H groups in total. The zero-order valence-electron chi connectivity index (χ0n) is 28.2. The van der Waals surface area contributed by atoms with Crippen LogP contribution < -0.4 is 4.90 Å². The highest BCUT2D eigenvalue weighted by Crippen LogP contribution is 2.41. The number of benzene rings is 9. The largest absolute Gasteiger partial charge is 0.310 e. The Bertz CT molecular complexity index is 2610. The molecule has 9 aromatic rings. The molecule has 0 aliphatic rings. The fraction of sp³-hybridized carbons (Fsp3) is 0. The van der Waals surface area contributed by atoms with Crippen LogP contribution in [0.1, 0.15) is 0 Å². The van der Waals surface area contributed by atoms with Gasteiger partial charge in [-0.1, -0.05) is 164 Å². The first kappa shape index (κ1) is 30.4. The molecule has 9 aromatic carbocycles. The predicted molar refractivity (Wildman–Crippen MR) is 218 cm³/mol. The van der Waals surface area contributed by atoms with E-state index in [9.17, 15) is 0 Å². The van der Waals surface area contributed by atoms with Gasteiger partial charge in [-0.25, -0.2) is 0 Å². The molecule has 1 heteroatoms. The van der Waals surface area contributed by atoms with Crippen LogP contribution in [0.15, 0.2) is 212 Å². The lowest BCUT2D eigenvalue weighted by molar-refractivity contribution is 1.28. The average Bonchev–Trinajstić information content (AvgIpc) is 3.22. The van der Waals surface area contributed by atoms with Crippen molar-refractivity contribution in [3.63, 3.8) is 0 Å². The molecule has 0 atom stereocenters. The minimum absolute atomic E-state index is 1.10. The zero-order valence-corrected chi connectivity index (χ0v) is 28.2. The third-order valence-electron chi connectivity index (χ3n) is 9.85. The monoisotopic (exact) mass is 649 g/mol. The van der Waals surface area contributed by atoms with Crippen LogP contribution in [0.25, 0.3) is 66.1 Å². The van der Waals surface area contributed by atoms with Gasteiger partial charge in [-0.2, -0.15) is 0 Å². The molecule has 0 aromatic heterocycles. The van der Waals surface area contributed by atoms with Gasteiger partial charge in [0.1, 0.15) is 0 Å². The van der Waals surface area contributed by atoms with Gasteiger partial charge in [-0.15, -0.1) is 0 Å². The Morgan fingerprint density at radius 3 is 1.51 bits per heavy atom. The number of para-hydroxylation sites is 1. The molecule has 240 valence electrons. The Balaban J connectivity index is 1.14. The van der Waals surface area contributed by atoms with Gasteiger partial charge < -0.3 is 4.90 Å². The molecule has 0 radical (unpaired) electrons. The summed E-state index contributed by atoms with van der Waals surface area (Å²) in [4.78, 5) is 2.35. The van der Waals surface area contributed by atoms with E-state index in [1.54, 1.807) is 0 Å². The van der Waals surface area contributed by atoms with Crippen molar-refractivity contribution in [3.05, 3.63) is 212 Å². The molecule has 0 spiro atoms. The van der Waals surface area contributed by atoms with Crippen LogP contribution in [0.2, 0.25) is 0 Å². The van der Waals surface area contributed by atoms with E-state index in [0.29, 0.717) is 0 Å². The Hall–Kier alpha value is -6.70. The smallest absolute Gasteiger partial charge is 0.0467 e. The van der Waals surface area contributed by atoms with Crippen molar-refractivity contribution in [2.45, 2.75) is 0 Å². The summed E-state index contributed by atoms with van der Waals surface area (Å²) in [5.41, 5.74) is 13.0. The fourth-order valence-electron chi connectivity index (χ4n) is 7.38. The van der Waals surface area contributed by atoms with Crippen molar-refractivity contribution < 1.29 is 0 Å². The lowest BCUT2D eigenvalue weighted by Gasteiger charge is -2.26. The maximum absolute atomic E-state index is 2.35. The van der Waals surface area contributed by atoms with Gasteiger partial charge >= 0.3 is 0 Å². The first-order chi connectivity index (χ1) is 25.3. The second-order valence-electron chi connectivity index (χ2n) is 13.0. The molecule has 9 rings (SSSR count). The third-order valence-corrected chi connectivity index (χ3v) is 9.85. The topological polar surface area (TPSA) is 3.24 Å². The number of hydrogen-bond donors (Lipinski definition) is 0. The minimum atomic E-state index is 1.10. The Morgan fingerprint density at radius 2 is 0.765 bits per heavy atom. The summed E-state index contributed by atoms with van der Waals surface area (Å²) in [6, 6.07) is 76.6. The van der Waals surface area contributed by atoms with E-state index < -0.39 is 0 Å². The number of fused-ring (bicyclic) bond motifs is 3.